The van der Waals surface area contributed by atoms with Crippen molar-refractivity contribution in [1.82, 2.24) is 0 Å². The molecule has 3 unspecified atom stereocenters. The van der Waals surface area contributed by atoms with Gasteiger partial charge in [-0.25, -0.2) is 0 Å². The molecule has 0 saturated heterocycles. The van der Waals surface area contributed by atoms with Gasteiger partial charge in [0.15, 0.2) is 0 Å². The van der Waals surface area contributed by atoms with Crippen LogP contribution in [0.4, 0.5) is 0 Å². The molecule has 1 rings (SSSR count). The summed E-state index contributed by atoms with van der Waals surface area (Å²) in [5.41, 5.74) is 0. The summed E-state index contributed by atoms with van der Waals surface area (Å²) in [6.45, 7) is 2.10. The van der Waals surface area contributed by atoms with Gasteiger partial charge in [-0.1, -0.05) is 44.1 Å². The molecule has 4 heteroatoms. The molecule has 0 aromatic rings. The highest BCUT2D eigenvalue weighted by Gasteiger charge is 2.31. The number of carboxylic acid groups (broad SMARTS) is 1. The molecule has 1 aliphatic carbocycles. The molecule has 0 amide bonds. The van der Waals surface area contributed by atoms with Crippen LogP contribution in [0.2, 0.25) is 0 Å². The summed E-state index contributed by atoms with van der Waals surface area (Å²) >= 11 is 0. The van der Waals surface area contributed by atoms with Crippen molar-refractivity contribution in [2.45, 2.75) is 70.8 Å². The molecule has 0 heterocycles. The van der Waals surface area contributed by atoms with Crippen LogP contribution in [0.1, 0.15) is 64.7 Å². The Kier molecular flexibility index (Phi) is 9.53. The minimum Gasteiger partial charge on any atom is -0.481 e. The van der Waals surface area contributed by atoms with E-state index in [1.165, 1.54) is 0 Å². The van der Waals surface area contributed by atoms with Gasteiger partial charge in [0.05, 0.1) is 6.10 Å². The molecule has 0 aromatic carbocycles. The maximum atomic E-state index is 12.0. The second kappa shape index (κ2) is 11.2. The fourth-order valence-corrected chi connectivity index (χ4v) is 2.98. The Balaban J connectivity index is 2.39. The first-order chi connectivity index (χ1) is 11.0. The zero-order valence-corrected chi connectivity index (χ0v) is 14.1. The number of aliphatic carboxylic acids is 1. The third-order valence-electron chi connectivity index (χ3n) is 4.41. The highest BCUT2D eigenvalue weighted by molar-refractivity contribution is 5.83. The molecule has 130 valence electrons. The number of aliphatic hydroxyl groups excluding tert-OH is 1. The number of hydrogen-bond donors (Lipinski definition) is 2. The topological polar surface area (TPSA) is 74.6 Å². The van der Waals surface area contributed by atoms with Crippen LogP contribution in [0, 0.1) is 11.8 Å². The largest absolute Gasteiger partial charge is 0.481 e. The number of Topliss-reactive ketones (excluding diaryl/α,β-unsaturated/α-hetero) is 1. The summed E-state index contributed by atoms with van der Waals surface area (Å²) in [6, 6.07) is 0. The van der Waals surface area contributed by atoms with Gasteiger partial charge in [0.2, 0.25) is 0 Å². The Morgan fingerprint density at radius 1 is 1.35 bits per heavy atom. The Morgan fingerprint density at radius 2 is 2.13 bits per heavy atom. The van der Waals surface area contributed by atoms with Gasteiger partial charge in [-0.2, -0.15) is 0 Å². The minimum absolute atomic E-state index is 0.0142. The number of hydrogen-bond acceptors (Lipinski definition) is 3. The molecule has 0 spiro atoms. The van der Waals surface area contributed by atoms with Crippen LogP contribution < -0.4 is 0 Å². The molecule has 0 radical (unpaired) electrons. The summed E-state index contributed by atoms with van der Waals surface area (Å²) in [4.78, 5) is 22.4. The quantitative estimate of drug-likeness (QED) is 0.447. The number of unbranched alkanes of at least 4 members (excludes halogenated alkanes) is 2. The van der Waals surface area contributed by atoms with Crippen molar-refractivity contribution in [1.29, 1.82) is 0 Å². The SMILES string of the molecule is CCCCC(O)/C=C/C1CCC(=O)C1C/C=C/CCCC(=O)O. The number of ketones is 1. The molecule has 3 atom stereocenters. The molecule has 2 N–H and O–H groups in total. The first-order valence-electron chi connectivity index (χ1n) is 8.80. The molecule has 0 bridgehead atoms. The fourth-order valence-electron chi connectivity index (χ4n) is 2.98. The Bertz CT molecular complexity index is 425. The summed E-state index contributed by atoms with van der Waals surface area (Å²) in [6.07, 6.45) is 14.1. The lowest BCUT2D eigenvalue weighted by atomic mass is 9.91. The lowest BCUT2D eigenvalue weighted by molar-refractivity contribution is -0.137. The minimum atomic E-state index is -0.767. The molecular formula is C19H30O4. The van der Waals surface area contributed by atoms with Crippen LogP contribution in [-0.4, -0.2) is 28.1 Å². The predicted octanol–water partition coefficient (Wildman–Crippen LogP) is 3.89. The van der Waals surface area contributed by atoms with E-state index in [9.17, 15) is 14.7 Å². The van der Waals surface area contributed by atoms with Crippen molar-refractivity contribution in [2.24, 2.45) is 11.8 Å². The van der Waals surface area contributed by atoms with E-state index in [4.69, 9.17) is 5.11 Å². The van der Waals surface area contributed by atoms with Gasteiger partial charge in [-0.3, -0.25) is 9.59 Å². The van der Waals surface area contributed by atoms with E-state index in [2.05, 4.69) is 6.92 Å². The number of carboxylic acids is 1. The standard InChI is InChI=1S/C19H30O4/c1-2-3-8-16(20)13-11-15-12-14-18(21)17(15)9-6-4-5-7-10-19(22)23/h4,6,11,13,15-17,20H,2-3,5,7-10,12,14H2,1H3,(H,22,23)/b6-4+,13-11+. The van der Waals surface area contributed by atoms with E-state index < -0.39 is 12.1 Å². The molecule has 4 nitrogen and oxygen atoms in total. The van der Waals surface area contributed by atoms with Crippen molar-refractivity contribution in [3.63, 3.8) is 0 Å². The lowest BCUT2D eigenvalue weighted by Crippen LogP contribution is -2.13. The van der Waals surface area contributed by atoms with Crippen molar-refractivity contribution < 1.29 is 19.8 Å². The molecule has 1 saturated carbocycles. The summed E-state index contributed by atoms with van der Waals surface area (Å²) in [5, 5.41) is 18.5. The molecule has 0 aromatic heterocycles. The van der Waals surface area contributed by atoms with E-state index in [1.54, 1.807) is 0 Å². The van der Waals surface area contributed by atoms with Crippen LogP contribution in [-0.2, 0) is 9.59 Å². The molecule has 0 aliphatic heterocycles. The number of carbonyl (C=O) groups excluding carboxylic acids is 1. The van der Waals surface area contributed by atoms with Gasteiger partial charge in [0, 0.05) is 18.8 Å². The summed E-state index contributed by atoms with van der Waals surface area (Å²) < 4.78 is 0. The number of rotatable bonds is 11. The van der Waals surface area contributed by atoms with Crippen LogP contribution in [0.15, 0.2) is 24.3 Å². The van der Waals surface area contributed by atoms with Gasteiger partial charge >= 0.3 is 5.97 Å². The van der Waals surface area contributed by atoms with Gasteiger partial charge in [0.1, 0.15) is 5.78 Å². The lowest BCUT2D eigenvalue weighted by Gasteiger charge is -2.13. The van der Waals surface area contributed by atoms with E-state index in [0.29, 0.717) is 25.0 Å². The number of aliphatic hydroxyl groups is 1. The highest BCUT2D eigenvalue weighted by Crippen LogP contribution is 2.33. The van der Waals surface area contributed by atoms with Gasteiger partial charge in [-0.15, -0.1) is 0 Å². The Morgan fingerprint density at radius 3 is 2.83 bits per heavy atom. The van der Waals surface area contributed by atoms with Gasteiger partial charge in [-0.05, 0) is 38.0 Å². The number of carbonyl (C=O) groups is 2. The van der Waals surface area contributed by atoms with E-state index >= 15 is 0 Å². The third kappa shape index (κ3) is 8.12. The van der Waals surface area contributed by atoms with Gasteiger partial charge in [0.25, 0.3) is 0 Å². The fraction of sp³-hybridized carbons (Fsp3) is 0.684. The first kappa shape index (κ1) is 19.6. The van der Waals surface area contributed by atoms with E-state index in [0.717, 1.165) is 32.1 Å². The monoisotopic (exact) mass is 322 g/mol. The number of allylic oxidation sites excluding steroid dienone is 3. The predicted molar refractivity (Wildman–Crippen MR) is 91.1 cm³/mol. The van der Waals surface area contributed by atoms with Crippen LogP contribution in [0.25, 0.3) is 0 Å². The Labute approximate surface area is 139 Å². The van der Waals surface area contributed by atoms with Crippen LogP contribution >= 0.6 is 0 Å². The zero-order chi connectivity index (χ0) is 17.1. The van der Waals surface area contributed by atoms with Crippen molar-refractivity contribution in [3.8, 4) is 0 Å². The van der Waals surface area contributed by atoms with Crippen LogP contribution in [0.5, 0.6) is 0 Å². The summed E-state index contributed by atoms with van der Waals surface area (Å²) in [7, 11) is 0. The highest BCUT2D eigenvalue weighted by atomic mass is 16.4. The average molecular weight is 322 g/mol. The molecule has 1 aliphatic rings. The smallest absolute Gasteiger partial charge is 0.303 e. The third-order valence-corrected chi connectivity index (χ3v) is 4.41. The molecular weight excluding hydrogens is 292 g/mol. The molecule has 1 fully saturated rings. The van der Waals surface area contributed by atoms with Crippen LogP contribution in [0.3, 0.4) is 0 Å². The second-order valence-corrected chi connectivity index (χ2v) is 6.36. The zero-order valence-electron chi connectivity index (χ0n) is 14.1. The summed E-state index contributed by atoms with van der Waals surface area (Å²) in [5.74, 6) is -0.225. The maximum absolute atomic E-state index is 12.0. The second-order valence-electron chi connectivity index (χ2n) is 6.36. The Hall–Kier alpha value is -1.42. The normalized spacial score (nSPS) is 23.1. The van der Waals surface area contributed by atoms with Crippen molar-refractivity contribution in [3.05, 3.63) is 24.3 Å². The van der Waals surface area contributed by atoms with Crippen molar-refractivity contribution >= 4 is 11.8 Å². The first-order valence-corrected chi connectivity index (χ1v) is 8.80. The van der Waals surface area contributed by atoms with Gasteiger partial charge < -0.3 is 10.2 Å². The van der Waals surface area contributed by atoms with E-state index in [1.807, 2.05) is 24.3 Å². The average Bonchev–Trinajstić information content (AvgIpc) is 2.86. The van der Waals surface area contributed by atoms with Crippen molar-refractivity contribution in [2.75, 3.05) is 0 Å². The van der Waals surface area contributed by atoms with E-state index in [-0.39, 0.29) is 18.3 Å². The molecule has 23 heavy (non-hydrogen) atoms. The maximum Gasteiger partial charge on any atom is 0.303 e.